The van der Waals surface area contributed by atoms with Crippen molar-refractivity contribution >= 4 is 32.3 Å². The largest absolute Gasteiger partial charge is 0.507 e. The highest BCUT2D eigenvalue weighted by Crippen LogP contribution is 2.38. The maximum Gasteiger partial charge on any atom is 0.124 e. The average Bonchev–Trinajstić information content (AvgIpc) is 2.80. The van der Waals surface area contributed by atoms with Crippen molar-refractivity contribution in [1.29, 1.82) is 0 Å². The molecule has 0 fully saturated rings. The minimum atomic E-state index is 0.363. The number of benzene rings is 5. The number of hydrogen-bond donors (Lipinski definition) is 1. The van der Waals surface area contributed by atoms with Crippen LogP contribution < -0.4 is 0 Å². The molecule has 1 N–H and O–H groups in total. The van der Waals surface area contributed by atoms with E-state index in [-0.39, 0.29) is 0 Å². The van der Waals surface area contributed by atoms with Crippen LogP contribution in [0.2, 0.25) is 0 Å². The predicted octanol–water partition coefficient (Wildman–Crippen LogP) is 8.13. The zero-order valence-corrected chi connectivity index (χ0v) is 17.9. The lowest BCUT2D eigenvalue weighted by Crippen LogP contribution is -1.83. The highest BCUT2D eigenvalue weighted by Gasteiger charge is 2.10. The van der Waals surface area contributed by atoms with E-state index in [1.165, 1.54) is 32.7 Å². The molecule has 0 spiro atoms. The lowest BCUT2D eigenvalue weighted by atomic mass is 9.94. The van der Waals surface area contributed by atoms with E-state index in [0.29, 0.717) is 5.75 Å². The molecule has 0 aliphatic heterocycles. The van der Waals surface area contributed by atoms with Crippen LogP contribution in [-0.2, 0) is 12.8 Å². The number of phenols is 1. The summed E-state index contributed by atoms with van der Waals surface area (Å²) in [5.41, 5.74) is 2.89. The monoisotopic (exact) mass is 382 g/mol. The molecular weight excluding hydrogens is 352 g/mol. The molecule has 0 atom stereocenters. The van der Waals surface area contributed by atoms with Gasteiger partial charge in [-0.1, -0.05) is 100 Å². The fourth-order valence-electron chi connectivity index (χ4n) is 3.81. The van der Waals surface area contributed by atoms with Crippen LogP contribution in [0.4, 0.5) is 0 Å². The topological polar surface area (TPSA) is 20.2 Å². The summed E-state index contributed by atoms with van der Waals surface area (Å²) in [6, 6.07) is 27.1. The smallest absolute Gasteiger partial charge is 0.124 e. The number of phenolic OH excluding ortho intramolecular Hbond substituents is 1. The molecule has 0 aliphatic carbocycles. The first kappa shape index (κ1) is 20.7. The van der Waals surface area contributed by atoms with Crippen molar-refractivity contribution in [3.05, 3.63) is 90.0 Å². The van der Waals surface area contributed by atoms with Crippen LogP contribution in [0.1, 0.15) is 38.8 Å². The summed E-state index contributed by atoms with van der Waals surface area (Å²) in [5.74, 6) is 0.363. The highest BCUT2D eigenvalue weighted by atomic mass is 16.3. The lowest BCUT2D eigenvalue weighted by Gasteiger charge is -2.11. The van der Waals surface area contributed by atoms with Gasteiger partial charge in [-0.15, -0.1) is 0 Å². The first-order valence-corrected chi connectivity index (χ1v) is 10.6. The second-order valence-electron chi connectivity index (χ2n) is 6.97. The molecule has 0 saturated heterocycles. The van der Waals surface area contributed by atoms with Gasteiger partial charge in [0.25, 0.3) is 0 Å². The Balaban J connectivity index is 0.000000173. The van der Waals surface area contributed by atoms with E-state index in [0.717, 1.165) is 23.6 Å². The van der Waals surface area contributed by atoms with Crippen molar-refractivity contribution in [3.8, 4) is 5.75 Å². The van der Waals surface area contributed by atoms with Crippen molar-refractivity contribution in [2.75, 3.05) is 0 Å². The summed E-state index contributed by atoms with van der Waals surface area (Å²) in [7, 11) is 0. The van der Waals surface area contributed by atoms with Gasteiger partial charge in [0.2, 0.25) is 0 Å². The van der Waals surface area contributed by atoms with Crippen molar-refractivity contribution in [2.24, 2.45) is 0 Å². The zero-order valence-electron chi connectivity index (χ0n) is 17.9. The molecule has 5 aromatic rings. The van der Waals surface area contributed by atoms with E-state index in [2.05, 4.69) is 62.4 Å². The quantitative estimate of drug-likeness (QED) is 0.306. The molecule has 0 unspecified atom stereocenters. The molecule has 5 rings (SSSR count). The average molecular weight is 383 g/mol. The maximum atomic E-state index is 10.1. The van der Waals surface area contributed by atoms with Crippen LogP contribution in [0, 0.1) is 0 Å². The van der Waals surface area contributed by atoms with Gasteiger partial charge in [-0.2, -0.15) is 0 Å². The fraction of sp³-hybridized carbons (Fsp3) is 0.214. The Kier molecular flexibility index (Phi) is 6.72. The van der Waals surface area contributed by atoms with Gasteiger partial charge in [0, 0.05) is 10.8 Å². The number of aryl methyl sites for hydroxylation is 2. The van der Waals surface area contributed by atoms with Crippen LogP contribution in [0.5, 0.6) is 5.75 Å². The maximum absolute atomic E-state index is 10.1. The van der Waals surface area contributed by atoms with E-state index in [1.807, 2.05) is 44.2 Å². The number of rotatable bonds is 2. The Morgan fingerprint density at radius 1 is 0.586 bits per heavy atom. The van der Waals surface area contributed by atoms with Gasteiger partial charge in [-0.05, 0) is 51.6 Å². The summed E-state index contributed by atoms with van der Waals surface area (Å²) in [6.45, 7) is 8.38. The van der Waals surface area contributed by atoms with E-state index in [1.54, 1.807) is 0 Å². The van der Waals surface area contributed by atoms with Crippen molar-refractivity contribution in [1.82, 2.24) is 0 Å². The summed E-state index contributed by atoms with van der Waals surface area (Å²) < 4.78 is 0. The molecule has 29 heavy (non-hydrogen) atoms. The van der Waals surface area contributed by atoms with Gasteiger partial charge in [0.15, 0.2) is 0 Å². The van der Waals surface area contributed by atoms with Crippen molar-refractivity contribution in [3.63, 3.8) is 0 Å². The standard InChI is InChI=1S/C16H10O.C10H14.C2H6/c17-14-9-12-5-1-3-10-7-8-11-4-2-6-13(14)16(11)15(10)12;1-3-9-6-5-7-10(4-2)8-9;1-2/h1-9,17H;5-8H,3-4H2,1-2H3;1-2H3. The molecule has 0 heterocycles. The highest BCUT2D eigenvalue weighted by molar-refractivity contribution is 6.24. The summed E-state index contributed by atoms with van der Waals surface area (Å²) in [4.78, 5) is 0. The lowest BCUT2D eigenvalue weighted by molar-refractivity contribution is 0.482. The molecule has 0 bridgehead atoms. The Morgan fingerprint density at radius 3 is 1.72 bits per heavy atom. The molecule has 5 aromatic carbocycles. The first-order chi connectivity index (χ1) is 14.2. The van der Waals surface area contributed by atoms with Crippen molar-refractivity contribution in [2.45, 2.75) is 40.5 Å². The van der Waals surface area contributed by atoms with E-state index in [9.17, 15) is 5.11 Å². The van der Waals surface area contributed by atoms with Gasteiger partial charge >= 0.3 is 0 Å². The van der Waals surface area contributed by atoms with Crippen LogP contribution >= 0.6 is 0 Å². The SMILES string of the molecule is CC.CCc1cccc(CC)c1.Oc1cc2cccc3ccc4cccc1c4c32. The van der Waals surface area contributed by atoms with E-state index >= 15 is 0 Å². The molecule has 0 radical (unpaired) electrons. The fourth-order valence-corrected chi connectivity index (χ4v) is 3.81. The minimum absolute atomic E-state index is 0.363. The second-order valence-corrected chi connectivity index (χ2v) is 6.97. The molecular formula is C28H30O. The molecule has 0 aromatic heterocycles. The summed E-state index contributed by atoms with van der Waals surface area (Å²) >= 11 is 0. The Hall–Kier alpha value is -3.06. The third-order valence-corrected chi connectivity index (χ3v) is 5.29. The van der Waals surface area contributed by atoms with Gasteiger partial charge < -0.3 is 5.11 Å². The summed E-state index contributed by atoms with van der Waals surface area (Å²) in [5, 5.41) is 16.9. The van der Waals surface area contributed by atoms with Gasteiger partial charge in [0.1, 0.15) is 5.75 Å². The molecule has 0 aliphatic rings. The van der Waals surface area contributed by atoms with Crippen LogP contribution in [-0.4, -0.2) is 5.11 Å². The molecule has 1 heteroatoms. The second kappa shape index (κ2) is 9.43. The zero-order chi connectivity index (χ0) is 20.8. The van der Waals surface area contributed by atoms with Gasteiger partial charge in [-0.3, -0.25) is 0 Å². The van der Waals surface area contributed by atoms with E-state index < -0.39 is 0 Å². The van der Waals surface area contributed by atoms with Crippen LogP contribution in [0.3, 0.4) is 0 Å². The predicted molar refractivity (Wildman–Crippen MR) is 128 cm³/mol. The van der Waals surface area contributed by atoms with Crippen molar-refractivity contribution < 1.29 is 5.11 Å². The summed E-state index contributed by atoms with van der Waals surface area (Å²) in [6.07, 6.45) is 2.29. The number of aromatic hydroxyl groups is 1. The molecule has 148 valence electrons. The molecule has 1 nitrogen and oxygen atoms in total. The van der Waals surface area contributed by atoms with Crippen LogP contribution in [0.15, 0.2) is 78.9 Å². The van der Waals surface area contributed by atoms with Gasteiger partial charge in [-0.25, -0.2) is 0 Å². The third kappa shape index (κ3) is 4.19. The Bertz CT molecular complexity index is 1180. The Morgan fingerprint density at radius 2 is 1.10 bits per heavy atom. The molecule has 0 saturated carbocycles. The normalized spacial score (nSPS) is 10.5. The minimum Gasteiger partial charge on any atom is -0.507 e. The first-order valence-electron chi connectivity index (χ1n) is 10.6. The van der Waals surface area contributed by atoms with E-state index in [4.69, 9.17) is 0 Å². The molecule has 0 amide bonds. The Labute approximate surface area is 174 Å². The van der Waals surface area contributed by atoms with Gasteiger partial charge in [0.05, 0.1) is 0 Å². The third-order valence-electron chi connectivity index (χ3n) is 5.29. The van der Waals surface area contributed by atoms with Crippen LogP contribution in [0.25, 0.3) is 32.3 Å². The number of hydrogen-bond acceptors (Lipinski definition) is 1.